The third-order valence-corrected chi connectivity index (χ3v) is 4.52. The molecule has 18 heavy (non-hydrogen) atoms. The van der Waals surface area contributed by atoms with E-state index in [1.807, 2.05) is 6.92 Å². The van der Waals surface area contributed by atoms with Crippen LogP contribution in [-0.4, -0.2) is 34.4 Å². The Hall–Kier alpha value is -1.27. The average Bonchev–Trinajstić information content (AvgIpc) is 2.37. The summed E-state index contributed by atoms with van der Waals surface area (Å²) < 4.78 is 34.6. The van der Waals surface area contributed by atoms with Crippen LogP contribution in [0.1, 0.15) is 13.3 Å². The van der Waals surface area contributed by atoms with Gasteiger partial charge >= 0.3 is 0 Å². The van der Waals surface area contributed by atoms with E-state index in [-0.39, 0.29) is 16.7 Å². The van der Waals surface area contributed by atoms with Gasteiger partial charge in [-0.3, -0.25) is 0 Å². The van der Waals surface area contributed by atoms with Crippen LogP contribution in [0.3, 0.4) is 0 Å². The van der Waals surface area contributed by atoms with Crippen LogP contribution in [-0.2, 0) is 9.84 Å². The number of benzene rings is 1. The molecule has 2 N–H and O–H groups in total. The van der Waals surface area contributed by atoms with Gasteiger partial charge in [-0.15, -0.1) is 0 Å². The molecule has 6 heteroatoms. The molecule has 1 atom stereocenters. The Kier molecular flexibility index (Phi) is 4.98. The molecule has 0 fully saturated rings. The molecular weight excluding hydrogens is 254 g/mol. The zero-order valence-electron chi connectivity index (χ0n) is 10.8. The van der Waals surface area contributed by atoms with Gasteiger partial charge in [0.2, 0.25) is 0 Å². The van der Waals surface area contributed by atoms with Crippen molar-refractivity contribution in [3.8, 4) is 11.5 Å². The summed E-state index contributed by atoms with van der Waals surface area (Å²) in [5.41, 5.74) is 5.71. The van der Waals surface area contributed by atoms with Crippen molar-refractivity contribution < 1.29 is 17.9 Å². The van der Waals surface area contributed by atoms with E-state index in [9.17, 15) is 8.42 Å². The van der Waals surface area contributed by atoms with E-state index in [4.69, 9.17) is 15.2 Å². The summed E-state index contributed by atoms with van der Waals surface area (Å²) in [6, 6.07) is 4.29. The summed E-state index contributed by atoms with van der Waals surface area (Å²) in [6.45, 7) is 1.85. The first-order chi connectivity index (χ1) is 8.44. The Morgan fingerprint density at radius 3 is 2.44 bits per heavy atom. The average molecular weight is 273 g/mol. The number of methoxy groups -OCH3 is 2. The first kappa shape index (κ1) is 14.8. The maximum absolute atomic E-state index is 12.2. The standard InChI is InChI=1S/C12H19NO4S/c1-4-9(13)8-18(14,15)12-7-10(16-2)5-6-11(12)17-3/h5-7,9H,4,8,13H2,1-3H3. The first-order valence-electron chi connectivity index (χ1n) is 5.65. The van der Waals surface area contributed by atoms with Crippen molar-refractivity contribution in [1.82, 2.24) is 0 Å². The highest BCUT2D eigenvalue weighted by atomic mass is 32.2. The molecule has 0 spiro atoms. The highest BCUT2D eigenvalue weighted by Crippen LogP contribution is 2.29. The molecule has 5 nitrogen and oxygen atoms in total. The van der Waals surface area contributed by atoms with Crippen LogP contribution in [0, 0.1) is 0 Å². The van der Waals surface area contributed by atoms with Crippen LogP contribution >= 0.6 is 0 Å². The molecule has 1 rings (SSSR count). The predicted octanol–water partition coefficient (Wildman–Crippen LogP) is 1.21. The second-order valence-corrected chi connectivity index (χ2v) is 5.97. The number of rotatable bonds is 6. The summed E-state index contributed by atoms with van der Waals surface area (Å²) in [6.07, 6.45) is 0.603. The molecule has 0 aliphatic carbocycles. The van der Waals surface area contributed by atoms with Crippen LogP contribution in [0.2, 0.25) is 0 Å². The van der Waals surface area contributed by atoms with Gasteiger partial charge < -0.3 is 15.2 Å². The van der Waals surface area contributed by atoms with Crippen molar-refractivity contribution in [3.05, 3.63) is 18.2 Å². The molecule has 1 aromatic carbocycles. The number of sulfone groups is 1. The van der Waals surface area contributed by atoms with E-state index in [2.05, 4.69) is 0 Å². The SMILES string of the molecule is CCC(N)CS(=O)(=O)c1cc(OC)ccc1OC. The molecular formula is C12H19NO4S. The lowest BCUT2D eigenvalue weighted by Crippen LogP contribution is -2.29. The zero-order chi connectivity index (χ0) is 13.8. The van der Waals surface area contributed by atoms with Crippen LogP contribution in [0.5, 0.6) is 11.5 Å². The summed E-state index contributed by atoms with van der Waals surface area (Å²) in [5, 5.41) is 0. The van der Waals surface area contributed by atoms with Crippen LogP contribution in [0.15, 0.2) is 23.1 Å². The van der Waals surface area contributed by atoms with Crippen molar-refractivity contribution in [1.29, 1.82) is 0 Å². The fraction of sp³-hybridized carbons (Fsp3) is 0.500. The maximum Gasteiger partial charge on any atom is 0.183 e. The normalized spacial score (nSPS) is 13.1. The van der Waals surface area contributed by atoms with Gasteiger partial charge in [-0.2, -0.15) is 0 Å². The molecule has 0 radical (unpaired) electrons. The molecule has 0 saturated carbocycles. The van der Waals surface area contributed by atoms with E-state index in [0.717, 1.165) is 0 Å². The lowest BCUT2D eigenvalue weighted by Gasteiger charge is -2.13. The van der Waals surface area contributed by atoms with E-state index in [1.54, 1.807) is 12.1 Å². The topological polar surface area (TPSA) is 78.6 Å². The van der Waals surface area contributed by atoms with Crippen molar-refractivity contribution >= 4 is 9.84 Å². The summed E-state index contributed by atoms with van der Waals surface area (Å²) in [5.74, 6) is 0.672. The number of hydrogen-bond acceptors (Lipinski definition) is 5. The van der Waals surface area contributed by atoms with Gasteiger partial charge in [0.25, 0.3) is 0 Å². The molecule has 102 valence electrons. The van der Waals surface area contributed by atoms with Crippen molar-refractivity contribution in [2.75, 3.05) is 20.0 Å². The van der Waals surface area contributed by atoms with Gasteiger partial charge in [0, 0.05) is 12.1 Å². The Labute approximate surface area is 108 Å². The Morgan fingerprint density at radius 1 is 1.28 bits per heavy atom. The van der Waals surface area contributed by atoms with E-state index in [0.29, 0.717) is 17.9 Å². The molecule has 1 unspecified atom stereocenters. The highest BCUT2D eigenvalue weighted by Gasteiger charge is 2.22. The fourth-order valence-corrected chi connectivity index (χ4v) is 3.25. The minimum Gasteiger partial charge on any atom is -0.497 e. The van der Waals surface area contributed by atoms with Gasteiger partial charge in [0.1, 0.15) is 16.4 Å². The van der Waals surface area contributed by atoms with Gasteiger partial charge in [0.05, 0.1) is 20.0 Å². The van der Waals surface area contributed by atoms with Gasteiger partial charge in [-0.25, -0.2) is 8.42 Å². The Morgan fingerprint density at radius 2 is 1.94 bits per heavy atom. The second-order valence-electron chi connectivity index (χ2n) is 3.97. The molecule has 0 saturated heterocycles. The molecule has 0 amide bonds. The summed E-state index contributed by atoms with van der Waals surface area (Å²) in [7, 11) is -0.564. The summed E-state index contributed by atoms with van der Waals surface area (Å²) >= 11 is 0. The predicted molar refractivity (Wildman–Crippen MR) is 69.9 cm³/mol. The Bertz CT molecular complexity index is 499. The minimum absolute atomic E-state index is 0.104. The lowest BCUT2D eigenvalue weighted by molar-refractivity contribution is 0.392. The number of ether oxygens (including phenoxy) is 2. The molecule has 0 aliphatic heterocycles. The third kappa shape index (κ3) is 3.36. The van der Waals surface area contributed by atoms with Gasteiger partial charge in [-0.1, -0.05) is 6.92 Å². The molecule has 0 heterocycles. The second kappa shape index (κ2) is 6.06. The summed E-state index contributed by atoms with van der Waals surface area (Å²) in [4.78, 5) is 0.119. The molecule has 0 aromatic heterocycles. The minimum atomic E-state index is -3.48. The van der Waals surface area contributed by atoms with Crippen LogP contribution in [0.25, 0.3) is 0 Å². The maximum atomic E-state index is 12.2. The van der Waals surface area contributed by atoms with Crippen molar-refractivity contribution in [2.45, 2.75) is 24.3 Å². The molecule has 0 aliphatic rings. The first-order valence-corrected chi connectivity index (χ1v) is 7.30. The Balaban J connectivity index is 3.20. The van der Waals surface area contributed by atoms with Gasteiger partial charge in [-0.05, 0) is 18.6 Å². The van der Waals surface area contributed by atoms with E-state index in [1.165, 1.54) is 20.3 Å². The number of nitrogens with two attached hydrogens (primary N) is 1. The van der Waals surface area contributed by atoms with Gasteiger partial charge in [0.15, 0.2) is 9.84 Å². The lowest BCUT2D eigenvalue weighted by atomic mass is 10.3. The van der Waals surface area contributed by atoms with E-state index >= 15 is 0 Å². The highest BCUT2D eigenvalue weighted by molar-refractivity contribution is 7.91. The van der Waals surface area contributed by atoms with E-state index < -0.39 is 9.84 Å². The largest absolute Gasteiger partial charge is 0.497 e. The number of hydrogen-bond donors (Lipinski definition) is 1. The third-order valence-electron chi connectivity index (χ3n) is 2.66. The van der Waals surface area contributed by atoms with Crippen LogP contribution < -0.4 is 15.2 Å². The van der Waals surface area contributed by atoms with Crippen LogP contribution in [0.4, 0.5) is 0 Å². The monoisotopic (exact) mass is 273 g/mol. The van der Waals surface area contributed by atoms with Crippen molar-refractivity contribution in [3.63, 3.8) is 0 Å². The molecule has 1 aromatic rings. The smallest absolute Gasteiger partial charge is 0.183 e. The zero-order valence-corrected chi connectivity index (χ0v) is 11.7. The fourth-order valence-electron chi connectivity index (χ4n) is 1.52. The van der Waals surface area contributed by atoms with Crippen molar-refractivity contribution in [2.24, 2.45) is 5.73 Å². The quantitative estimate of drug-likeness (QED) is 0.843. The molecule has 0 bridgehead atoms.